The molecule has 0 radical (unpaired) electrons. The topological polar surface area (TPSA) is 63.2 Å². The van der Waals surface area contributed by atoms with Gasteiger partial charge in [-0.05, 0) is 11.2 Å². The Bertz CT molecular complexity index is 96.1. The van der Waals surface area contributed by atoms with E-state index in [1.54, 1.807) is 0 Å². The van der Waals surface area contributed by atoms with Crippen LogP contribution < -0.4 is 51.4 Å². The molecule has 7 heavy (non-hydrogen) atoms. The Morgan fingerprint density at radius 3 is 1.43 bits per heavy atom. The van der Waals surface area contributed by atoms with E-state index in [1.807, 2.05) is 0 Å². The molecule has 0 unspecified atom stereocenters. The quantitative estimate of drug-likeness (QED) is 0.415. The minimum absolute atomic E-state index is 0. The van der Waals surface area contributed by atoms with Gasteiger partial charge in [-0.15, -0.1) is 9.05 Å². The van der Waals surface area contributed by atoms with Gasteiger partial charge in [-0.25, -0.2) is 0 Å². The van der Waals surface area contributed by atoms with Crippen LogP contribution in [0.3, 0.4) is 0 Å². The van der Waals surface area contributed by atoms with Gasteiger partial charge >= 0.3 is 71.8 Å². The van der Waals surface area contributed by atoms with Crippen LogP contribution in [0.5, 0.6) is 0 Å². The summed E-state index contributed by atoms with van der Waals surface area (Å²) in [6.45, 7) is 0. The molecular weight excluding hydrogens is 258 g/mol. The summed E-state index contributed by atoms with van der Waals surface area (Å²) in [4.78, 5) is 0. The molecule has 40 valence electrons. The first-order valence-corrected chi connectivity index (χ1v) is 3.00. The largest absolute Gasteiger partial charge is 2.00 e. The van der Waals surface area contributed by atoms with Gasteiger partial charge in [0.25, 0.3) is 0 Å². The molecular formula is KO3PdS2+. The van der Waals surface area contributed by atoms with Gasteiger partial charge in [0.2, 0.25) is 0 Å². The van der Waals surface area contributed by atoms with Crippen LogP contribution in [0, 0.1) is 0 Å². The predicted molar refractivity (Wildman–Crippen MR) is 17.1 cm³/mol. The van der Waals surface area contributed by atoms with Gasteiger partial charge in [0.1, 0.15) is 0 Å². The third-order valence-electron chi connectivity index (χ3n) is 0. The number of hydrogen-bond donors (Lipinski definition) is 0. The van der Waals surface area contributed by atoms with Crippen LogP contribution in [-0.2, 0) is 40.7 Å². The summed E-state index contributed by atoms with van der Waals surface area (Å²) in [5.41, 5.74) is 0. The molecule has 0 aromatic carbocycles. The van der Waals surface area contributed by atoms with E-state index in [0.717, 1.165) is 0 Å². The van der Waals surface area contributed by atoms with Gasteiger partial charge in [0, 0.05) is 0 Å². The van der Waals surface area contributed by atoms with Gasteiger partial charge in [0.05, 0.1) is 0 Å². The fourth-order valence-electron chi connectivity index (χ4n) is 0. The van der Waals surface area contributed by atoms with Crippen molar-refractivity contribution < 1.29 is 85.1 Å². The second kappa shape index (κ2) is 6.71. The molecule has 0 saturated heterocycles. The van der Waals surface area contributed by atoms with Crippen molar-refractivity contribution in [1.29, 1.82) is 0 Å². The molecule has 0 atom stereocenters. The van der Waals surface area contributed by atoms with E-state index in [0.29, 0.717) is 0 Å². The monoisotopic (exact) mass is 257 g/mol. The number of hydrogen-bond acceptors (Lipinski definition) is 4. The molecule has 0 spiro atoms. The van der Waals surface area contributed by atoms with Crippen LogP contribution in [0.15, 0.2) is 0 Å². The van der Waals surface area contributed by atoms with E-state index in [2.05, 4.69) is 11.2 Å². The summed E-state index contributed by atoms with van der Waals surface area (Å²) in [6, 6.07) is 0. The van der Waals surface area contributed by atoms with Crippen LogP contribution in [0.4, 0.5) is 0 Å². The first kappa shape index (κ1) is 16.3. The van der Waals surface area contributed by atoms with Crippen molar-refractivity contribution in [2.75, 3.05) is 0 Å². The molecule has 0 amide bonds. The first-order chi connectivity index (χ1) is 2.00. The molecule has 0 heterocycles. The van der Waals surface area contributed by atoms with Crippen molar-refractivity contribution in [2.24, 2.45) is 0 Å². The molecule has 0 aliphatic rings. The third-order valence-corrected chi connectivity index (χ3v) is 0. The van der Waals surface area contributed by atoms with Crippen LogP contribution in [0.25, 0.3) is 0 Å². The zero-order valence-electron chi connectivity index (χ0n) is 3.36. The Balaban J connectivity index is -0.0000000800. The summed E-state index contributed by atoms with van der Waals surface area (Å²) < 4.78 is 26.7. The fourth-order valence-corrected chi connectivity index (χ4v) is 0. The average Bonchev–Trinajstić information content (AvgIpc) is 0.722. The summed E-state index contributed by atoms with van der Waals surface area (Å²) in [7, 11) is -4.33. The minimum Gasteiger partial charge on any atom is -0.780 e. The molecule has 0 rings (SSSR count). The second-order valence-corrected chi connectivity index (χ2v) is 2.45. The van der Waals surface area contributed by atoms with E-state index in [9.17, 15) is 0 Å². The van der Waals surface area contributed by atoms with Crippen molar-refractivity contribution in [3.8, 4) is 0 Å². The predicted octanol–water partition coefficient (Wildman–Crippen LogP) is -4.00. The maximum atomic E-state index is 8.89. The molecule has 0 aliphatic heterocycles. The molecule has 0 aliphatic carbocycles. The Labute approximate surface area is 103 Å². The zero-order valence-corrected chi connectivity index (χ0v) is 9.67. The maximum absolute atomic E-state index is 8.89. The van der Waals surface area contributed by atoms with Gasteiger partial charge in [-0.2, -0.15) is 0 Å². The van der Waals surface area contributed by atoms with Crippen molar-refractivity contribution in [1.82, 2.24) is 0 Å². The first-order valence-electron chi connectivity index (χ1n) is 0.667. The van der Waals surface area contributed by atoms with Crippen LogP contribution in [-0.4, -0.2) is 13.3 Å². The van der Waals surface area contributed by atoms with E-state index in [1.165, 1.54) is 0 Å². The van der Waals surface area contributed by atoms with Gasteiger partial charge in [0.15, 0.2) is 0 Å². The molecule has 7 heteroatoms. The Morgan fingerprint density at radius 1 is 1.43 bits per heavy atom. The number of rotatable bonds is 0. The van der Waals surface area contributed by atoms with Crippen molar-refractivity contribution in [3.05, 3.63) is 0 Å². The van der Waals surface area contributed by atoms with Gasteiger partial charge in [-0.3, -0.25) is 4.21 Å². The van der Waals surface area contributed by atoms with E-state index >= 15 is 0 Å². The molecule has 0 aromatic heterocycles. The summed E-state index contributed by atoms with van der Waals surface area (Å²) >= 11 is 3.24. The molecule has 0 N–H and O–H groups in total. The van der Waals surface area contributed by atoms with E-state index in [-0.39, 0.29) is 71.8 Å². The molecule has 3 nitrogen and oxygen atoms in total. The third kappa shape index (κ3) is 55.6. The van der Waals surface area contributed by atoms with Crippen LogP contribution >= 0.6 is 0 Å². The Morgan fingerprint density at radius 2 is 1.43 bits per heavy atom. The van der Waals surface area contributed by atoms with Crippen LogP contribution in [0.2, 0.25) is 0 Å². The summed E-state index contributed by atoms with van der Waals surface area (Å²) in [5, 5.41) is 0. The Hall–Kier alpha value is 2.59. The summed E-state index contributed by atoms with van der Waals surface area (Å²) in [5.74, 6) is 0. The smallest absolute Gasteiger partial charge is 0.780 e. The van der Waals surface area contributed by atoms with E-state index in [4.69, 9.17) is 13.3 Å². The molecule has 0 fully saturated rings. The van der Waals surface area contributed by atoms with Crippen molar-refractivity contribution in [3.63, 3.8) is 0 Å². The van der Waals surface area contributed by atoms with Gasteiger partial charge in [-0.1, -0.05) is 0 Å². The molecule has 0 saturated carbocycles. The maximum Gasteiger partial charge on any atom is 2.00 e. The zero-order chi connectivity index (χ0) is 4.50. The van der Waals surface area contributed by atoms with Crippen molar-refractivity contribution >= 4 is 20.2 Å². The van der Waals surface area contributed by atoms with Gasteiger partial charge < -0.3 is 9.11 Å². The van der Waals surface area contributed by atoms with Crippen LogP contribution in [0.1, 0.15) is 0 Å². The SMILES string of the molecule is O=S([O-])([O-])=S.[K+].[Pd+2]. The average molecular weight is 258 g/mol. The van der Waals surface area contributed by atoms with Crippen molar-refractivity contribution in [2.45, 2.75) is 0 Å². The minimum atomic E-state index is -4.33. The Kier molecular flexibility index (Phi) is 15.6. The summed E-state index contributed by atoms with van der Waals surface area (Å²) in [6.07, 6.45) is 0. The second-order valence-electron chi connectivity index (χ2n) is 0.408. The standard InChI is InChI=1S/K.H2O3S2.Pd/c;1-5(2,3)4;/h;(H2,1,2,3,4);/q+1;;+2/p-2. The fraction of sp³-hybridized carbons (Fsp3) is 0. The molecule has 0 bridgehead atoms. The molecule has 0 aromatic rings. The normalized spacial score (nSPS) is 8.29. The van der Waals surface area contributed by atoms with E-state index < -0.39 is 9.05 Å².